The van der Waals surface area contributed by atoms with E-state index >= 15 is 0 Å². The average Bonchev–Trinajstić information content (AvgIpc) is 3.28. The van der Waals surface area contributed by atoms with Gasteiger partial charge in [0.2, 0.25) is 5.95 Å². The lowest BCUT2D eigenvalue weighted by Gasteiger charge is -2.29. The van der Waals surface area contributed by atoms with Gasteiger partial charge in [0.15, 0.2) is 0 Å². The summed E-state index contributed by atoms with van der Waals surface area (Å²) in [5.41, 5.74) is 2.46. The lowest BCUT2D eigenvalue weighted by molar-refractivity contribution is 0.0708. The fraction of sp³-hybridized carbons (Fsp3) is 0.250. The predicted octanol–water partition coefficient (Wildman–Crippen LogP) is 3.56. The highest BCUT2D eigenvalue weighted by Crippen LogP contribution is 2.22. The lowest BCUT2D eigenvalue weighted by Crippen LogP contribution is -2.43. The van der Waals surface area contributed by atoms with Crippen LogP contribution in [0.3, 0.4) is 0 Å². The van der Waals surface area contributed by atoms with Gasteiger partial charge in [-0.25, -0.2) is 15.0 Å². The molecule has 3 heterocycles. The van der Waals surface area contributed by atoms with Crippen LogP contribution in [-0.2, 0) is 0 Å². The summed E-state index contributed by atoms with van der Waals surface area (Å²) in [5.74, 6) is 0.761. The number of nitrogens with zero attached hydrogens (tertiary/aromatic N) is 6. The number of amides is 1. The van der Waals surface area contributed by atoms with Crippen LogP contribution in [0.2, 0.25) is 0 Å². The maximum Gasteiger partial charge on any atom is 0.256 e. The van der Waals surface area contributed by atoms with E-state index in [-0.39, 0.29) is 11.9 Å². The summed E-state index contributed by atoms with van der Waals surface area (Å²) in [4.78, 5) is 31.2. The Bertz CT molecular complexity index is 1210. The van der Waals surface area contributed by atoms with Crippen molar-refractivity contribution in [1.82, 2.24) is 24.4 Å². The van der Waals surface area contributed by atoms with Gasteiger partial charge in [-0.1, -0.05) is 30.3 Å². The van der Waals surface area contributed by atoms with E-state index in [2.05, 4.69) is 21.8 Å². The molecule has 0 aliphatic carbocycles. The van der Waals surface area contributed by atoms with Crippen molar-refractivity contribution in [2.24, 2.45) is 0 Å². The maximum atomic E-state index is 13.5. The second-order valence-electron chi connectivity index (χ2n) is 7.86. The molecule has 1 saturated heterocycles. The minimum atomic E-state index is 0.0286. The van der Waals surface area contributed by atoms with Gasteiger partial charge in [0.05, 0.1) is 23.1 Å². The summed E-state index contributed by atoms with van der Waals surface area (Å²) in [6, 6.07) is 15.7. The molecule has 2 aromatic carbocycles. The fourth-order valence-corrected chi connectivity index (χ4v) is 4.20. The summed E-state index contributed by atoms with van der Waals surface area (Å²) < 4.78 is 1.88. The Morgan fingerprint density at radius 1 is 1.06 bits per heavy atom. The number of hydrogen-bond donors (Lipinski definition) is 0. The SMILES string of the molecule is CC1CN(c2ncc3ccccc3n2)CCCN1C(=O)c1ccccc1-n1ccnc1. The number of aromatic nitrogens is 4. The standard InChI is InChI=1S/C24H24N6O/c1-18-16-28(24-26-15-19-7-2-4-9-21(19)27-24)12-6-13-30(18)23(31)20-8-3-5-10-22(20)29-14-11-25-17-29/h2-5,7-11,14-15,17-18H,6,12-13,16H2,1H3. The Labute approximate surface area is 181 Å². The van der Waals surface area contributed by atoms with Crippen LogP contribution >= 0.6 is 0 Å². The highest BCUT2D eigenvalue weighted by molar-refractivity contribution is 5.98. The van der Waals surface area contributed by atoms with Gasteiger partial charge >= 0.3 is 0 Å². The van der Waals surface area contributed by atoms with E-state index in [0.29, 0.717) is 18.7 Å². The van der Waals surface area contributed by atoms with Crippen LogP contribution in [0, 0.1) is 0 Å². The number of carbonyl (C=O) groups is 1. The van der Waals surface area contributed by atoms with Crippen molar-refractivity contribution in [3.05, 3.63) is 79.0 Å². The first-order valence-corrected chi connectivity index (χ1v) is 10.6. The van der Waals surface area contributed by atoms with E-state index < -0.39 is 0 Å². The monoisotopic (exact) mass is 412 g/mol. The van der Waals surface area contributed by atoms with Crippen LogP contribution in [0.15, 0.2) is 73.4 Å². The van der Waals surface area contributed by atoms with Crippen LogP contribution in [0.5, 0.6) is 0 Å². The van der Waals surface area contributed by atoms with Gasteiger partial charge in [-0.2, -0.15) is 0 Å². The first kappa shape index (κ1) is 19.2. The second kappa shape index (κ2) is 8.18. The number of para-hydroxylation sites is 2. The highest BCUT2D eigenvalue weighted by atomic mass is 16.2. The molecule has 0 spiro atoms. The molecule has 2 aromatic heterocycles. The molecule has 1 aliphatic rings. The van der Waals surface area contributed by atoms with Crippen LogP contribution in [0.1, 0.15) is 23.7 Å². The third-order valence-corrected chi connectivity index (χ3v) is 5.78. The molecule has 4 aromatic rings. The molecular formula is C24H24N6O. The molecular weight excluding hydrogens is 388 g/mol. The molecule has 1 fully saturated rings. The zero-order chi connectivity index (χ0) is 21.2. The molecule has 0 saturated carbocycles. The highest BCUT2D eigenvalue weighted by Gasteiger charge is 2.28. The molecule has 7 heteroatoms. The minimum absolute atomic E-state index is 0.0286. The zero-order valence-corrected chi connectivity index (χ0v) is 17.4. The van der Waals surface area contributed by atoms with Crippen LogP contribution in [-0.4, -0.2) is 56.0 Å². The number of rotatable bonds is 3. The van der Waals surface area contributed by atoms with E-state index in [9.17, 15) is 4.79 Å². The van der Waals surface area contributed by atoms with Crippen LogP contribution in [0.25, 0.3) is 16.6 Å². The second-order valence-corrected chi connectivity index (χ2v) is 7.86. The molecule has 7 nitrogen and oxygen atoms in total. The predicted molar refractivity (Wildman–Crippen MR) is 120 cm³/mol. The van der Waals surface area contributed by atoms with Gasteiger partial charge in [0.1, 0.15) is 0 Å². The minimum Gasteiger partial charge on any atom is -0.339 e. The molecule has 1 amide bonds. The van der Waals surface area contributed by atoms with Crippen molar-refractivity contribution in [2.75, 3.05) is 24.5 Å². The molecule has 31 heavy (non-hydrogen) atoms. The van der Waals surface area contributed by atoms with Crippen molar-refractivity contribution in [3.63, 3.8) is 0 Å². The quantitative estimate of drug-likeness (QED) is 0.515. The van der Waals surface area contributed by atoms with Crippen LogP contribution in [0.4, 0.5) is 5.95 Å². The maximum absolute atomic E-state index is 13.5. The zero-order valence-electron chi connectivity index (χ0n) is 17.4. The third kappa shape index (κ3) is 3.74. The van der Waals surface area contributed by atoms with Gasteiger partial charge in [0.25, 0.3) is 5.91 Å². The number of hydrogen-bond acceptors (Lipinski definition) is 5. The van der Waals surface area contributed by atoms with E-state index in [0.717, 1.165) is 35.5 Å². The van der Waals surface area contributed by atoms with Gasteiger partial charge in [-0.3, -0.25) is 4.79 Å². The number of imidazole rings is 1. The molecule has 5 rings (SSSR count). The Morgan fingerprint density at radius 2 is 1.90 bits per heavy atom. The topological polar surface area (TPSA) is 67.2 Å². The smallest absolute Gasteiger partial charge is 0.256 e. The largest absolute Gasteiger partial charge is 0.339 e. The molecule has 1 unspecified atom stereocenters. The molecule has 1 aliphatic heterocycles. The molecule has 0 radical (unpaired) electrons. The van der Waals surface area contributed by atoms with Gasteiger partial charge in [-0.15, -0.1) is 0 Å². The van der Waals surface area contributed by atoms with E-state index in [1.54, 1.807) is 12.5 Å². The van der Waals surface area contributed by atoms with Crippen molar-refractivity contribution < 1.29 is 4.79 Å². The average molecular weight is 412 g/mol. The van der Waals surface area contributed by atoms with Gasteiger partial charge < -0.3 is 14.4 Å². The third-order valence-electron chi connectivity index (χ3n) is 5.78. The van der Waals surface area contributed by atoms with E-state index in [4.69, 9.17) is 4.98 Å². The van der Waals surface area contributed by atoms with Crippen molar-refractivity contribution in [1.29, 1.82) is 0 Å². The van der Waals surface area contributed by atoms with Crippen molar-refractivity contribution in [2.45, 2.75) is 19.4 Å². The van der Waals surface area contributed by atoms with Crippen molar-refractivity contribution >= 4 is 22.8 Å². The van der Waals surface area contributed by atoms with Crippen molar-refractivity contribution in [3.8, 4) is 5.69 Å². The number of anilines is 1. The summed E-state index contributed by atoms with van der Waals surface area (Å²) in [7, 11) is 0. The summed E-state index contributed by atoms with van der Waals surface area (Å²) >= 11 is 0. The summed E-state index contributed by atoms with van der Waals surface area (Å²) in [5, 5.41) is 1.03. The fourth-order valence-electron chi connectivity index (χ4n) is 4.20. The molecule has 0 N–H and O–H groups in total. The summed E-state index contributed by atoms with van der Waals surface area (Å²) in [6.45, 7) is 4.30. The van der Waals surface area contributed by atoms with Gasteiger partial charge in [-0.05, 0) is 31.5 Å². The molecule has 0 bridgehead atoms. The van der Waals surface area contributed by atoms with E-state index in [1.807, 2.05) is 70.4 Å². The Hall–Kier alpha value is -3.74. The Morgan fingerprint density at radius 3 is 2.77 bits per heavy atom. The molecule has 156 valence electrons. The number of carbonyl (C=O) groups excluding carboxylic acids is 1. The van der Waals surface area contributed by atoms with E-state index in [1.165, 1.54) is 0 Å². The number of fused-ring (bicyclic) bond motifs is 1. The van der Waals surface area contributed by atoms with Gasteiger partial charge in [0, 0.05) is 49.7 Å². The summed E-state index contributed by atoms with van der Waals surface area (Å²) in [6.07, 6.45) is 8.03. The van der Waals surface area contributed by atoms with Crippen LogP contribution < -0.4 is 4.90 Å². The lowest BCUT2D eigenvalue weighted by atomic mass is 10.1. The first-order valence-electron chi connectivity index (χ1n) is 10.6. The molecule has 1 atom stereocenters. The first-order chi connectivity index (χ1) is 15.2. The Balaban J connectivity index is 1.39. The Kier molecular flexibility index (Phi) is 5.08. The normalized spacial score (nSPS) is 17.0. The number of benzene rings is 2.